The first-order chi connectivity index (χ1) is 7.65. The molecule has 2 N–H and O–H groups in total. The Balaban J connectivity index is 1.82. The van der Waals surface area contributed by atoms with Crippen LogP contribution in [0, 0.1) is 17.8 Å². The highest BCUT2D eigenvalue weighted by molar-refractivity contribution is 9.12. The first-order valence-corrected chi connectivity index (χ1v) is 8.25. The van der Waals surface area contributed by atoms with E-state index < -0.39 is 0 Å². The van der Waals surface area contributed by atoms with E-state index in [2.05, 4.69) is 37.9 Å². The van der Waals surface area contributed by atoms with Crippen molar-refractivity contribution in [1.29, 1.82) is 0 Å². The molecule has 1 nitrogen and oxygen atoms in total. The van der Waals surface area contributed by atoms with Crippen molar-refractivity contribution in [3.8, 4) is 0 Å². The Kier molecular flexibility index (Phi) is 3.20. The second-order valence-electron chi connectivity index (χ2n) is 5.14. The second kappa shape index (κ2) is 4.38. The number of fused-ring (bicyclic) bond motifs is 2. The zero-order valence-corrected chi connectivity index (χ0v) is 12.9. The van der Waals surface area contributed by atoms with E-state index in [-0.39, 0.29) is 6.04 Å². The second-order valence-corrected chi connectivity index (χ2v) is 8.89. The molecule has 1 aromatic rings. The van der Waals surface area contributed by atoms with Gasteiger partial charge in [-0.25, -0.2) is 0 Å². The number of hydrogen-bond acceptors (Lipinski definition) is 2. The van der Waals surface area contributed by atoms with E-state index in [0.717, 1.165) is 17.8 Å². The van der Waals surface area contributed by atoms with E-state index in [1.165, 1.54) is 38.8 Å². The summed E-state index contributed by atoms with van der Waals surface area (Å²) in [7, 11) is 0. The molecule has 1 aromatic heterocycles. The predicted octanol–water partition coefficient (Wildman–Crippen LogP) is 4.71. The van der Waals surface area contributed by atoms with Crippen LogP contribution in [0.4, 0.5) is 0 Å². The minimum Gasteiger partial charge on any atom is -0.324 e. The monoisotopic (exact) mass is 363 g/mol. The number of thiophene rings is 1. The van der Waals surface area contributed by atoms with E-state index >= 15 is 0 Å². The van der Waals surface area contributed by atoms with Crippen molar-refractivity contribution in [2.75, 3.05) is 0 Å². The Labute approximate surface area is 117 Å². The molecule has 0 radical (unpaired) electrons. The lowest BCUT2D eigenvalue weighted by Gasteiger charge is -2.27. The Morgan fingerprint density at radius 3 is 2.62 bits per heavy atom. The Hall–Kier alpha value is 0.620. The van der Waals surface area contributed by atoms with Crippen molar-refractivity contribution >= 4 is 43.2 Å². The van der Waals surface area contributed by atoms with Crippen molar-refractivity contribution in [2.24, 2.45) is 23.5 Å². The molecule has 2 saturated carbocycles. The molecule has 2 bridgehead atoms. The summed E-state index contributed by atoms with van der Waals surface area (Å²) in [6, 6.07) is 2.41. The van der Waals surface area contributed by atoms with Gasteiger partial charge in [0.2, 0.25) is 0 Å². The van der Waals surface area contributed by atoms with Crippen molar-refractivity contribution in [3.05, 3.63) is 19.2 Å². The van der Waals surface area contributed by atoms with Crippen LogP contribution in [0.15, 0.2) is 13.6 Å². The van der Waals surface area contributed by atoms with Crippen LogP contribution in [0.3, 0.4) is 0 Å². The summed E-state index contributed by atoms with van der Waals surface area (Å²) in [4.78, 5) is 0. The molecular weight excluding hydrogens is 350 g/mol. The largest absolute Gasteiger partial charge is 0.324 e. The van der Waals surface area contributed by atoms with Gasteiger partial charge in [-0.05, 0) is 80.5 Å². The molecule has 0 saturated heterocycles. The lowest BCUT2D eigenvalue weighted by Crippen LogP contribution is -2.25. The molecule has 4 atom stereocenters. The summed E-state index contributed by atoms with van der Waals surface area (Å²) in [6.07, 6.45) is 5.64. The smallest absolute Gasteiger partial charge is 0.0758 e. The fourth-order valence-electron chi connectivity index (χ4n) is 3.54. The van der Waals surface area contributed by atoms with Gasteiger partial charge in [-0.3, -0.25) is 0 Å². The highest BCUT2D eigenvalue weighted by Gasteiger charge is 2.42. The SMILES string of the molecule is NC(c1cc(Br)sc1Br)C1CC2CCC1C2. The molecule has 1 heterocycles. The van der Waals surface area contributed by atoms with Crippen molar-refractivity contribution in [1.82, 2.24) is 0 Å². The van der Waals surface area contributed by atoms with Gasteiger partial charge in [0.25, 0.3) is 0 Å². The van der Waals surface area contributed by atoms with Gasteiger partial charge < -0.3 is 5.73 Å². The molecule has 2 fully saturated rings. The average Bonchev–Trinajstić information content (AvgIpc) is 2.91. The fraction of sp³-hybridized carbons (Fsp3) is 0.667. The zero-order valence-electron chi connectivity index (χ0n) is 8.96. The maximum absolute atomic E-state index is 6.46. The predicted molar refractivity (Wildman–Crippen MR) is 75.6 cm³/mol. The number of rotatable bonds is 2. The molecular formula is C12H15Br2NS. The third kappa shape index (κ3) is 1.92. The van der Waals surface area contributed by atoms with Crippen LogP contribution in [-0.2, 0) is 0 Å². The summed E-state index contributed by atoms with van der Waals surface area (Å²) in [5.74, 6) is 2.59. The normalized spacial score (nSPS) is 34.6. The Morgan fingerprint density at radius 2 is 2.12 bits per heavy atom. The van der Waals surface area contributed by atoms with Gasteiger partial charge in [0.15, 0.2) is 0 Å². The minimum absolute atomic E-state index is 0.229. The molecule has 88 valence electrons. The Morgan fingerprint density at radius 1 is 1.31 bits per heavy atom. The molecule has 0 aromatic carbocycles. The molecule has 2 aliphatic carbocycles. The summed E-state index contributed by atoms with van der Waals surface area (Å²) < 4.78 is 2.38. The molecule has 16 heavy (non-hydrogen) atoms. The number of nitrogens with two attached hydrogens (primary N) is 1. The van der Waals surface area contributed by atoms with E-state index in [4.69, 9.17) is 5.73 Å². The van der Waals surface area contributed by atoms with E-state index in [1.807, 2.05) is 0 Å². The summed E-state index contributed by atoms with van der Waals surface area (Å²) in [6.45, 7) is 0. The topological polar surface area (TPSA) is 26.0 Å². The summed E-state index contributed by atoms with van der Waals surface area (Å²) in [5.41, 5.74) is 7.76. The van der Waals surface area contributed by atoms with E-state index in [9.17, 15) is 0 Å². The van der Waals surface area contributed by atoms with Gasteiger partial charge in [-0.2, -0.15) is 0 Å². The summed E-state index contributed by atoms with van der Waals surface area (Å²) >= 11 is 8.89. The van der Waals surface area contributed by atoms with E-state index in [1.54, 1.807) is 11.3 Å². The Bertz CT molecular complexity index is 404. The van der Waals surface area contributed by atoms with Crippen molar-refractivity contribution < 1.29 is 0 Å². The summed E-state index contributed by atoms with van der Waals surface area (Å²) in [5, 5.41) is 0. The fourth-order valence-corrected chi connectivity index (χ4v) is 6.50. The van der Waals surface area contributed by atoms with Gasteiger partial charge >= 0.3 is 0 Å². The minimum atomic E-state index is 0.229. The molecule has 0 aliphatic heterocycles. The number of hydrogen-bond donors (Lipinski definition) is 1. The third-order valence-corrected chi connectivity index (χ3v) is 6.68. The van der Waals surface area contributed by atoms with Gasteiger partial charge in [0.1, 0.15) is 0 Å². The van der Waals surface area contributed by atoms with Crippen LogP contribution in [0.5, 0.6) is 0 Å². The maximum atomic E-state index is 6.46. The zero-order chi connectivity index (χ0) is 11.3. The van der Waals surface area contributed by atoms with Crippen LogP contribution in [0.1, 0.15) is 37.3 Å². The van der Waals surface area contributed by atoms with E-state index in [0.29, 0.717) is 0 Å². The van der Waals surface area contributed by atoms with Gasteiger partial charge in [0.05, 0.1) is 7.57 Å². The first-order valence-electron chi connectivity index (χ1n) is 5.85. The molecule has 0 spiro atoms. The molecule has 0 amide bonds. The highest BCUT2D eigenvalue weighted by Crippen LogP contribution is 2.53. The first kappa shape index (κ1) is 11.7. The average molecular weight is 365 g/mol. The number of halogens is 2. The van der Waals surface area contributed by atoms with Crippen molar-refractivity contribution in [2.45, 2.75) is 31.7 Å². The third-order valence-electron chi connectivity index (χ3n) is 4.30. The lowest BCUT2D eigenvalue weighted by atomic mass is 9.81. The highest BCUT2D eigenvalue weighted by atomic mass is 79.9. The van der Waals surface area contributed by atoms with Crippen LogP contribution >= 0.6 is 43.2 Å². The van der Waals surface area contributed by atoms with Crippen molar-refractivity contribution in [3.63, 3.8) is 0 Å². The standard InChI is InChI=1S/C12H15Br2NS/c13-10-5-9(12(14)16-10)11(15)8-4-6-1-2-7(8)3-6/h5-8,11H,1-4,15H2. The van der Waals surface area contributed by atoms with Crippen LogP contribution in [0.2, 0.25) is 0 Å². The maximum Gasteiger partial charge on any atom is 0.0758 e. The van der Waals surface area contributed by atoms with Crippen LogP contribution in [-0.4, -0.2) is 0 Å². The molecule has 2 aliphatic rings. The van der Waals surface area contributed by atoms with Gasteiger partial charge in [-0.1, -0.05) is 6.42 Å². The molecule has 4 heteroatoms. The quantitative estimate of drug-likeness (QED) is 0.807. The lowest BCUT2D eigenvalue weighted by molar-refractivity contribution is 0.284. The van der Waals surface area contributed by atoms with Gasteiger partial charge in [-0.15, -0.1) is 11.3 Å². The molecule has 4 unspecified atom stereocenters. The van der Waals surface area contributed by atoms with Crippen LogP contribution in [0.25, 0.3) is 0 Å². The van der Waals surface area contributed by atoms with Gasteiger partial charge in [0, 0.05) is 6.04 Å². The van der Waals surface area contributed by atoms with Crippen LogP contribution < -0.4 is 5.73 Å². The molecule has 3 rings (SSSR count).